The van der Waals surface area contributed by atoms with Crippen molar-refractivity contribution in [1.29, 1.82) is 0 Å². The minimum Gasteiger partial charge on any atom is -0.489 e. The van der Waals surface area contributed by atoms with E-state index in [1.54, 1.807) is 12.1 Å². The van der Waals surface area contributed by atoms with Crippen molar-refractivity contribution in [3.8, 4) is 5.75 Å². The van der Waals surface area contributed by atoms with E-state index in [-0.39, 0.29) is 5.91 Å². The topological polar surface area (TPSA) is 67.6 Å². The summed E-state index contributed by atoms with van der Waals surface area (Å²) in [7, 11) is 0. The molecule has 4 rings (SSSR count). The number of ether oxygens (including phenoxy) is 1. The Kier molecular flexibility index (Phi) is 6.02. The number of rotatable bonds is 6. The Balaban J connectivity index is 1.46. The van der Waals surface area contributed by atoms with Crippen molar-refractivity contribution in [2.45, 2.75) is 39.7 Å². The van der Waals surface area contributed by atoms with Crippen LogP contribution < -0.4 is 15.0 Å². The Labute approximate surface area is 176 Å². The molecule has 3 aromatic rings. The largest absolute Gasteiger partial charge is 0.489 e. The summed E-state index contributed by atoms with van der Waals surface area (Å²) < 4.78 is 11.1. The number of piperidine rings is 1. The number of hydrogen-bond acceptors (Lipinski definition) is 5. The lowest BCUT2D eigenvalue weighted by molar-refractivity contribution is 0.102. The van der Waals surface area contributed by atoms with Crippen LogP contribution in [0.1, 0.15) is 46.6 Å². The molecule has 0 atom stereocenters. The molecular formula is C24H27N3O3. The van der Waals surface area contributed by atoms with E-state index in [1.807, 2.05) is 44.2 Å². The first-order chi connectivity index (χ1) is 14.6. The summed E-state index contributed by atoms with van der Waals surface area (Å²) in [5.41, 5.74) is 4.22. The van der Waals surface area contributed by atoms with Crippen LogP contribution in [-0.4, -0.2) is 24.2 Å². The van der Waals surface area contributed by atoms with Gasteiger partial charge < -0.3 is 19.5 Å². The normalized spacial score (nSPS) is 13.9. The first kappa shape index (κ1) is 20.0. The van der Waals surface area contributed by atoms with Crippen molar-refractivity contribution < 1.29 is 14.1 Å². The number of aromatic nitrogens is 1. The Morgan fingerprint density at radius 1 is 1.10 bits per heavy atom. The molecule has 2 aromatic carbocycles. The van der Waals surface area contributed by atoms with Gasteiger partial charge in [0.15, 0.2) is 0 Å². The van der Waals surface area contributed by atoms with Crippen LogP contribution in [0.5, 0.6) is 5.75 Å². The van der Waals surface area contributed by atoms with Gasteiger partial charge in [-0.05, 0) is 63.4 Å². The van der Waals surface area contributed by atoms with Gasteiger partial charge in [-0.1, -0.05) is 23.4 Å². The fraction of sp³-hybridized carbons (Fsp3) is 0.333. The van der Waals surface area contributed by atoms with Gasteiger partial charge in [0.2, 0.25) is 0 Å². The molecule has 0 aliphatic carbocycles. The number of carbonyl (C=O) groups excluding carboxylic acids is 1. The van der Waals surface area contributed by atoms with Crippen LogP contribution in [0, 0.1) is 13.8 Å². The summed E-state index contributed by atoms with van der Waals surface area (Å²) in [6.45, 7) is 6.15. The second-order valence-electron chi connectivity index (χ2n) is 7.64. The van der Waals surface area contributed by atoms with Crippen LogP contribution in [-0.2, 0) is 6.61 Å². The number of anilines is 2. The number of nitrogens with zero attached hydrogens (tertiary/aromatic N) is 2. The monoisotopic (exact) mass is 405 g/mol. The van der Waals surface area contributed by atoms with Crippen molar-refractivity contribution in [2.24, 2.45) is 0 Å². The van der Waals surface area contributed by atoms with E-state index in [0.717, 1.165) is 41.5 Å². The first-order valence-electron chi connectivity index (χ1n) is 10.4. The lowest BCUT2D eigenvalue weighted by atomic mass is 10.1. The van der Waals surface area contributed by atoms with Crippen LogP contribution in [0.3, 0.4) is 0 Å². The lowest BCUT2D eigenvalue weighted by Crippen LogP contribution is -2.30. The van der Waals surface area contributed by atoms with Gasteiger partial charge in [0.05, 0.1) is 22.6 Å². The van der Waals surface area contributed by atoms with E-state index in [4.69, 9.17) is 9.26 Å². The summed E-state index contributed by atoms with van der Waals surface area (Å²) >= 11 is 0. The maximum Gasteiger partial charge on any atom is 0.255 e. The predicted octanol–water partition coefficient (Wildman–Crippen LogP) is 5.11. The number of aryl methyl sites for hydroxylation is 2. The highest BCUT2D eigenvalue weighted by Crippen LogP contribution is 2.29. The van der Waals surface area contributed by atoms with Gasteiger partial charge in [-0.3, -0.25) is 4.79 Å². The summed E-state index contributed by atoms with van der Waals surface area (Å²) in [5.74, 6) is 1.23. The molecule has 1 aliphatic rings. The van der Waals surface area contributed by atoms with Crippen LogP contribution >= 0.6 is 0 Å². The molecule has 0 spiro atoms. The van der Waals surface area contributed by atoms with E-state index in [1.165, 1.54) is 19.3 Å². The molecule has 156 valence electrons. The zero-order valence-corrected chi connectivity index (χ0v) is 17.5. The second kappa shape index (κ2) is 9.03. The third kappa shape index (κ3) is 4.48. The van der Waals surface area contributed by atoms with Crippen molar-refractivity contribution in [3.63, 3.8) is 0 Å². The van der Waals surface area contributed by atoms with Gasteiger partial charge in [0, 0.05) is 18.7 Å². The quantitative estimate of drug-likeness (QED) is 0.617. The van der Waals surface area contributed by atoms with Gasteiger partial charge in [-0.2, -0.15) is 0 Å². The molecule has 30 heavy (non-hydrogen) atoms. The Hall–Kier alpha value is -3.28. The summed E-state index contributed by atoms with van der Waals surface area (Å²) in [5, 5.41) is 7.02. The van der Waals surface area contributed by atoms with Crippen LogP contribution in [0.15, 0.2) is 53.1 Å². The van der Waals surface area contributed by atoms with Crippen molar-refractivity contribution in [2.75, 3.05) is 23.3 Å². The molecule has 0 saturated carbocycles. The highest BCUT2D eigenvalue weighted by atomic mass is 16.5. The number of nitrogens with one attached hydrogen (secondary N) is 1. The molecule has 0 unspecified atom stereocenters. The van der Waals surface area contributed by atoms with Gasteiger partial charge in [-0.15, -0.1) is 0 Å². The maximum absolute atomic E-state index is 12.9. The highest BCUT2D eigenvalue weighted by Gasteiger charge is 2.16. The van der Waals surface area contributed by atoms with Crippen LogP contribution in [0.2, 0.25) is 0 Å². The molecule has 1 N–H and O–H groups in total. The van der Waals surface area contributed by atoms with Gasteiger partial charge in [0.25, 0.3) is 5.91 Å². The number of carbonyl (C=O) groups is 1. The Bertz CT molecular complexity index is 1000. The third-order valence-electron chi connectivity index (χ3n) is 5.51. The predicted molar refractivity (Wildman–Crippen MR) is 117 cm³/mol. The lowest BCUT2D eigenvalue weighted by Gasteiger charge is -2.30. The highest BCUT2D eigenvalue weighted by molar-refractivity contribution is 6.06. The van der Waals surface area contributed by atoms with Crippen molar-refractivity contribution in [3.05, 3.63) is 71.1 Å². The minimum absolute atomic E-state index is 0.151. The fourth-order valence-corrected chi connectivity index (χ4v) is 3.77. The maximum atomic E-state index is 12.9. The molecule has 6 nitrogen and oxygen atoms in total. The van der Waals surface area contributed by atoms with E-state index >= 15 is 0 Å². The van der Waals surface area contributed by atoms with E-state index in [0.29, 0.717) is 17.9 Å². The van der Waals surface area contributed by atoms with E-state index < -0.39 is 0 Å². The summed E-state index contributed by atoms with van der Waals surface area (Å²) in [6, 6.07) is 15.2. The third-order valence-corrected chi connectivity index (χ3v) is 5.51. The smallest absolute Gasteiger partial charge is 0.255 e. The van der Waals surface area contributed by atoms with Crippen molar-refractivity contribution in [1.82, 2.24) is 5.16 Å². The molecule has 6 heteroatoms. The molecule has 1 aromatic heterocycles. The molecule has 1 amide bonds. The molecule has 2 heterocycles. The first-order valence-corrected chi connectivity index (χ1v) is 10.4. The van der Waals surface area contributed by atoms with Crippen LogP contribution in [0.25, 0.3) is 0 Å². The summed E-state index contributed by atoms with van der Waals surface area (Å²) in [6.07, 6.45) is 3.64. The molecular weight excluding hydrogens is 378 g/mol. The van der Waals surface area contributed by atoms with Gasteiger partial charge in [0.1, 0.15) is 18.1 Å². The molecule has 0 bridgehead atoms. The second-order valence-corrected chi connectivity index (χ2v) is 7.64. The van der Waals surface area contributed by atoms with Gasteiger partial charge in [-0.25, -0.2) is 0 Å². The van der Waals surface area contributed by atoms with Crippen LogP contribution in [0.4, 0.5) is 11.4 Å². The number of hydrogen-bond donors (Lipinski definition) is 1. The molecule has 1 aliphatic heterocycles. The summed E-state index contributed by atoms with van der Waals surface area (Å²) in [4.78, 5) is 15.3. The van der Waals surface area contributed by atoms with E-state index in [2.05, 4.69) is 21.4 Å². The number of benzene rings is 2. The zero-order chi connectivity index (χ0) is 20.9. The average Bonchev–Trinajstić information content (AvgIpc) is 3.10. The standard InChI is InChI=1S/C24H27N3O3/c1-17-21(18(2)30-26-17)16-29-20-10-8-9-19(15-20)24(28)25-22-11-4-5-12-23(22)27-13-6-3-7-14-27/h4-5,8-12,15H,3,6-7,13-14,16H2,1-2H3,(H,25,28). The minimum atomic E-state index is -0.151. The number of para-hydroxylation sites is 2. The zero-order valence-electron chi connectivity index (χ0n) is 17.5. The van der Waals surface area contributed by atoms with E-state index in [9.17, 15) is 4.79 Å². The molecule has 1 saturated heterocycles. The fourth-order valence-electron chi connectivity index (χ4n) is 3.77. The molecule has 0 radical (unpaired) electrons. The van der Waals surface area contributed by atoms with Gasteiger partial charge >= 0.3 is 0 Å². The average molecular weight is 405 g/mol. The number of amides is 1. The Morgan fingerprint density at radius 3 is 2.67 bits per heavy atom. The van der Waals surface area contributed by atoms with Crippen molar-refractivity contribution >= 4 is 17.3 Å². The Morgan fingerprint density at radius 2 is 1.90 bits per heavy atom. The molecule has 1 fully saturated rings. The SMILES string of the molecule is Cc1noc(C)c1COc1cccc(C(=O)Nc2ccccc2N2CCCCC2)c1.